The van der Waals surface area contributed by atoms with E-state index in [4.69, 9.17) is 4.74 Å². The number of allylic oxidation sites excluding steroid dienone is 4. The topological polar surface area (TPSA) is 46.5 Å². The van der Waals surface area contributed by atoms with E-state index in [0.29, 0.717) is 17.8 Å². The molecule has 3 heteroatoms. The number of esters is 1. The highest BCUT2D eigenvalue weighted by molar-refractivity contribution is 5.98. The largest absolute Gasteiger partial charge is 0.512 e. The molecule has 3 nitrogen and oxygen atoms in total. The van der Waals surface area contributed by atoms with Gasteiger partial charge in [0, 0.05) is 12.0 Å². The Balaban J connectivity index is 1.99. The predicted molar refractivity (Wildman–Crippen MR) is 69.8 cm³/mol. The van der Waals surface area contributed by atoms with Crippen molar-refractivity contribution in [3.63, 3.8) is 0 Å². The van der Waals surface area contributed by atoms with Crippen LogP contribution >= 0.6 is 0 Å². The number of unbranched alkanes of at least 4 members (excludes halogenated alkanes) is 3. The molecule has 1 aliphatic carbocycles. The first-order chi connectivity index (χ1) is 8.72. The number of hydrogen-bond donors (Lipinski definition) is 1. The number of carbonyl (C=O) groups excluding carboxylic acids is 1. The first-order valence-electron chi connectivity index (χ1n) is 6.47. The van der Waals surface area contributed by atoms with E-state index in [9.17, 15) is 9.90 Å². The molecule has 18 heavy (non-hydrogen) atoms. The highest BCUT2D eigenvalue weighted by Gasteiger charge is 2.28. The Morgan fingerprint density at radius 2 is 2.22 bits per heavy atom. The van der Waals surface area contributed by atoms with Crippen molar-refractivity contribution in [2.24, 2.45) is 0 Å². The molecule has 0 saturated carbocycles. The molecule has 2 rings (SSSR count). The summed E-state index contributed by atoms with van der Waals surface area (Å²) in [6.45, 7) is 2.15. The predicted octanol–water partition coefficient (Wildman–Crippen LogP) is 3.71. The number of fused-ring (bicyclic) bond motifs is 1. The summed E-state index contributed by atoms with van der Waals surface area (Å²) >= 11 is 0. The smallest absolute Gasteiger partial charge is 0.344 e. The second-order valence-corrected chi connectivity index (χ2v) is 4.55. The molecule has 0 spiro atoms. The number of aliphatic hydroxyl groups is 1. The maximum Gasteiger partial charge on any atom is 0.344 e. The van der Waals surface area contributed by atoms with Crippen LogP contribution in [0.15, 0.2) is 47.0 Å². The SMILES string of the molecule is CCCCCC/C(O)=C\C1=C2C=CC=C2OC1=O. The Kier molecular flexibility index (Phi) is 4.03. The number of rotatable bonds is 6. The summed E-state index contributed by atoms with van der Waals surface area (Å²) in [6, 6.07) is 0. The minimum Gasteiger partial charge on any atom is -0.512 e. The van der Waals surface area contributed by atoms with Crippen LogP contribution in [-0.2, 0) is 9.53 Å². The molecule has 0 unspecified atom stereocenters. The first-order valence-corrected chi connectivity index (χ1v) is 6.47. The third kappa shape index (κ3) is 2.73. The number of carbonyl (C=O) groups is 1. The highest BCUT2D eigenvalue weighted by atomic mass is 16.5. The lowest BCUT2D eigenvalue weighted by molar-refractivity contribution is -0.132. The fourth-order valence-electron chi connectivity index (χ4n) is 2.09. The van der Waals surface area contributed by atoms with Crippen LogP contribution in [0.2, 0.25) is 0 Å². The lowest BCUT2D eigenvalue weighted by atomic mass is 10.1. The Morgan fingerprint density at radius 3 is 3.00 bits per heavy atom. The van der Waals surface area contributed by atoms with Crippen molar-refractivity contribution in [3.8, 4) is 0 Å². The van der Waals surface area contributed by atoms with Gasteiger partial charge in [-0.3, -0.25) is 0 Å². The van der Waals surface area contributed by atoms with E-state index in [1.165, 1.54) is 12.8 Å². The molecule has 0 aromatic rings. The van der Waals surface area contributed by atoms with Crippen LogP contribution in [0.5, 0.6) is 0 Å². The fraction of sp³-hybridized carbons (Fsp3) is 0.400. The van der Waals surface area contributed by atoms with Gasteiger partial charge in [-0.25, -0.2) is 4.79 Å². The second kappa shape index (κ2) is 5.71. The van der Waals surface area contributed by atoms with Crippen molar-refractivity contribution in [3.05, 3.63) is 47.0 Å². The third-order valence-corrected chi connectivity index (χ3v) is 3.09. The summed E-state index contributed by atoms with van der Waals surface area (Å²) in [5, 5.41) is 9.82. The fourth-order valence-corrected chi connectivity index (χ4v) is 2.09. The van der Waals surface area contributed by atoms with Crippen LogP contribution in [0.25, 0.3) is 0 Å². The van der Waals surface area contributed by atoms with Crippen molar-refractivity contribution in [1.29, 1.82) is 0 Å². The molecule has 0 aromatic heterocycles. The van der Waals surface area contributed by atoms with E-state index < -0.39 is 0 Å². The van der Waals surface area contributed by atoms with Crippen molar-refractivity contribution in [1.82, 2.24) is 0 Å². The van der Waals surface area contributed by atoms with E-state index in [1.54, 1.807) is 12.2 Å². The maximum atomic E-state index is 11.6. The minimum absolute atomic E-state index is 0.257. The summed E-state index contributed by atoms with van der Waals surface area (Å²) < 4.78 is 5.07. The normalized spacial score (nSPS) is 18.2. The molecule has 1 aliphatic heterocycles. The summed E-state index contributed by atoms with van der Waals surface area (Å²) in [5.74, 6) is 0.470. The number of aliphatic hydroxyl groups excluding tert-OH is 1. The molecule has 0 saturated heterocycles. The van der Waals surface area contributed by atoms with E-state index >= 15 is 0 Å². The molecule has 0 fully saturated rings. The summed E-state index contributed by atoms with van der Waals surface area (Å²) in [4.78, 5) is 11.6. The van der Waals surface area contributed by atoms with Crippen LogP contribution < -0.4 is 0 Å². The molecule has 0 bridgehead atoms. The molecule has 0 radical (unpaired) electrons. The maximum absolute atomic E-state index is 11.6. The molecular formula is C15H18O3. The van der Waals surface area contributed by atoms with Crippen LogP contribution in [-0.4, -0.2) is 11.1 Å². The molecule has 1 heterocycles. The zero-order valence-corrected chi connectivity index (χ0v) is 10.6. The van der Waals surface area contributed by atoms with Crippen LogP contribution in [0.1, 0.15) is 39.0 Å². The van der Waals surface area contributed by atoms with Crippen molar-refractivity contribution in [2.75, 3.05) is 0 Å². The zero-order chi connectivity index (χ0) is 13.0. The molecule has 1 N–H and O–H groups in total. The minimum atomic E-state index is -0.374. The highest BCUT2D eigenvalue weighted by Crippen LogP contribution is 2.32. The van der Waals surface area contributed by atoms with Gasteiger partial charge in [0.05, 0.1) is 11.3 Å². The number of hydrogen-bond acceptors (Lipinski definition) is 3. The van der Waals surface area contributed by atoms with Gasteiger partial charge in [0.15, 0.2) is 0 Å². The van der Waals surface area contributed by atoms with Gasteiger partial charge in [-0.15, -0.1) is 0 Å². The van der Waals surface area contributed by atoms with E-state index in [-0.39, 0.29) is 11.7 Å². The molecule has 0 aromatic carbocycles. The van der Waals surface area contributed by atoms with Gasteiger partial charge in [-0.2, -0.15) is 0 Å². The van der Waals surface area contributed by atoms with Gasteiger partial charge in [-0.05, 0) is 18.6 Å². The average Bonchev–Trinajstić information content (AvgIpc) is 2.89. The van der Waals surface area contributed by atoms with Gasteiger partial charge < -0.3 is 9.84 Å². The average molecular weight is 246 g/mol. The lowest BCUT2D eigenvalue weighted by Gasteiger charge is -2.00. The van der Waals surface area contributed by atoms with E-state index in [0.717, 1.165) is 18.4 Å². The van der Waals surface area contributed by atoms with Gasteiger partial charge in [0.2, 0.25) is 0 Å². The first kappa shape index (κ1) is 12.7. The van der Waals surface area contributed by atoms with Crippen LogP contribution in [0.4, 0.5) is 0 Å². The van der Waals surface area contributed by atoms with Gasteiger partial charge >= 0.3 is 5.97 Å². The van der Waals surface area contributed by atoms with Crippen LogP contribution in [0, 0.1) is 0 Å². The Labute approximate surface area is 107 Å². The van der Waals surface area contributed by atoms with Gasteiger partial charge in [-0.1, -0.05) is 38.3 Å². The zero-order valence-electron chi connectivity index (χ0n) is 10.6. The molecule has 0 amide bonds. The van der Waals surface area contributed by atoms with Crippen molar-refractivity contribution in [2.45, 2.75) is 39.0 Å². The Bertz CT molecular complexity index is 464. The van der Waals surface area contributed by atoms with Crippen molar-refractivity contribution >= 4 is 5.97 Å². The van der Waals surface area contributed by atoms with Crippen molar-refractivity contribution < 1.29 is 14.6 Å². The van der Waals surface area contributed by atoms with Gasteiger partial charge in [0.25, 0.3) is 0 Å². The summed E-state index contributed by atoms with van der Waals surface area (Å²) in [5.41, 5.74) is 1.24. The lowest BCUT2D eigenvalue weighted by Crippen LogP contribution is -1.98. The van der Waals surface area contributed by atoms with E-state index in [2.05, 4.69) is 6.92 Å². The van der Waals surface area contributed by atoms with E-state index in [1.807, 2.05) is 12.2 Å². The summed E-state index contributed by atoms with van der Waals surface area (Å²) in [7, 11) is 0. The van der Waals surface area contributed by atoms with Gasteiger partial charge in [0.1, 0.15) is 5.76 Å². The third-order valence-electron chi connectivity index (χ3n) is 3.09. The molecule has 2 aliphatic rings. The standard InChI is InChI=1S/C15H18O3/c1-2-3-4-5-7-11(16)10-13-12-8-6-9-14(12)18-15(13)17/h6,8-10,16H,2-5,7H2,1H3/b11-10+. The molecule has 96 valence electrons. The molecular weight excluding hydrogens is 228 g/mol. The summed E-state index contributed by atoms with van der Waals surface area (Å²) in [6.07, 6.45) is 12.0. The molecule has 0 atom stereocenters. The second-order valence-electron chi connectivity index (χ2n) is 4.55. The Morgan fingerprint density at radius 1 is 1.39 bits per heavy atom. The monoisotopic (exact) mass is 246 g/mol. The van der Waals surface area contributed by atoms with Crippen LogP contribution in [0.3, 0.4) is 0 Å². The quantitative estimate of drug-likeness (QED) is 0.441. The number of ether oxygens (including phenoxy) is 1. The Hall–Kier alpha value is -1.77.